The van der Waals surface area contributed by atoms with Gasteiger partial charge in [-0.15, -0.1) is 0 Å². The van der Waals surface area contributed by atoms with E-state index in [0.717, 1.165) is 0 Å². The molecule has 2 aliphatic rings. The minimum absolute atomic E-state index is 0.374. The van der Waals surface area contributed by atoms with E-state index in [0.29, 0.717) is 27.6 Å². The van der Waals surface area contributed by atoms with E-state index >= 15 is 0 Å². The molecule has 1 fully saturated rings. The average Bonchev–Trinajstić information content (AvgIpc) is 2.36. The standard InChI is InChI=1S/C7H2Cl6/c8-4-2-1-3(5(4)9)7(12,13)6(2,10)11/h1H2. The van der Waals surface area contributed by atoms with Crippen molar-refractivity contribution in [3.05, 3.63) is 21.2 Å². The van der Waals surface area contributed by atoms with Crippen molar-refractivity contribution in [1.29, 1.82) is 0 Å². The molecular weight excluding hydrogens is 297 g/mol. The third kappa shape index (κ3) is 1.14. The molecule has 0 spiro atoms. The summed E-state index contributed by atoms with van der Waals surface area (Å²) in [6.07, 6.45) is 0.456. The first-order chi connectivity index (χ1) is 5.80. The topological polar surface area (TPSA) is 0 Å². The van der Waals surface area contributed by atoms with Crippen LogP contribution in [0, 0.1) is 0 Å². The summed E-state index contributed by atoms with van der Waals surface area (Å²) in [6.45, 7) is 0. The van der Waals surface area contributed by atoms with Crippen LogP contribution in [-0.2, 0) is 0 Å². The molecule has 0 heterocycles. The van der Waals surface area contributed by atoms with Crippen LogP contribution in [0.2, 0.25) is 0 Å². The second kappa shape index (κ2) is 2.87. The van der Waals surface area contributed by atoms with Gasteiger partial charge in [-0.1, -0.05) is 69.6 Å². The van der Waals surface area contributed by atoms with Crippen LogP contribution in [0.3, 0.4) is 0 Å². The summed E-state index contributed by atoms with van der Waals surface area (Å²) in [7, 11) is 0. The number of halogens is 6. The maximum atomic E-state index is 5.98. The molecule has 2 rings (SSSR count). The Morgan fingerprint density at radius 3 is 1.31 bits per heavy atom. The van der Waals surface area contributed by atoms with Crippen LogP contribution < -0.4 is 0 Å². The molecule has 72 valence electrons. The Morgan fingerprint density at radius 1 is 0.769 bits per heavy atom. The van der Waals surface area contributed by atoms with E-state index in [1.807, 2.05) is 0 Å². The Hall–Kier alpha value is 1.22. The van der Waals surface area contributed by atoms with Crippen LogP contribution in [0.4, 0.5) is 0 Å². The molecule has 1 saturated carbocycles. The first-order valence-electron chi connectivity index (χ1n) is 3.34. The fourth-order valence-corrected chi connectivity index (χ4v) is 3.41. The summed E-state index contributed by atoms with van der Waals surface area (Å²) in [6, 6.07) is 0. The molecule has 6 heteroatoms. The van der Waals surface area contributed by atoms with Crippen LogP contribution in [0.15, 0.2) is 21.2 Å². The van der Waals surface area contributed by atoms with Crippen molar-refractivity contribution in [2.24, 2.45) is 0 Å². The molecule has 0 N–H and O–H groups in total. The van der Waals surface area contributed by atoms with Crippen LogP contribution in [0.25, 0.3) is 0 Å². The van der Waals surface area contributed by atoms with Gasteiger partial charge in [-0.2, -0.15) is 0 Å². The average molecular weight is 299 g/mol. The normalized spacial score (nSPS) is 29.1. The van der Waals surface area contributed by atoms with E-state index < -0.39 is 8.67 Å². The molecule has 0 saturated heterocycles. The molecule has 0 radical (unpaired) electrons. The molecule has 0 unspecified atom stereocenters. The molecule has 0 aromatic rings. The maximum Gasteiger partial charge on any atom is 0.177 e. The highest BCUT2D eigenvalue weighted by Crippen LogP contribution is 2.66. The summed E-state index contributed by atoms with van der Waals surface area (Å²) in [5.74, 6) is 0. The van der Waals surface area contributed by atoms with Gasteiger partial charge in [-0.3, -0.25) is 0 Å². The van der Waals surface area contributed by atoms with Crippen molar-refractivity contribution < 1.29 is 0 Å². The zero-order valence-electron chi connectivity index (χ0n) is 5.97. The lowest BCUT2D eigenvalue weighted by Gasteiger charge is -2.30. The molecule has 0 nitrogen and oxygen atoms in total. The number of hydrogen-bond acceptors (Lipinski definition) is 0. The first kappa shape index (κ1) is 10.7. The smallest absolute Gasteiger partial charge is 0.0928 e. The molecule has 13 heavy (non-hydrogen) atoms. The molecule has 2 aliphatic carbocycles. The fourth-order valence-electron chi connectivity index (χ4n) is 1.47. The quantitative estimate of drug-likeness (QED) is 0.567. The number of hydrogen-bond donors (Lipinski definition) is 0. The van der Waals surface area contributed by atoms with Gasteiger partial charge >= 0.3 is 0 Å². The Labute approximate surface area is 105 Å². The zero-order valence-corrected chi connectivity index (χ0v) is 10.5. The minimum atomic E-state index is -1.36. The van der Waals surface area contributed by atoms with E-state index in [1.165, 1.54) is 0 Å². The molecule has 0 aromatic carbocycles. The van der Waals surface area contributed by atoms with E-state index in [1.54, 1.807) is 0 Å². The summed E-state index contributed by atoms with van der Waals surface area (Å²) in [5.41, 5.74) is 1.17. The third-order valence-corrected chi connectivity index (χ3v) is 5.59. The third-order valence-electron chi connectivity index (χ3n) is 2.23. The van der Waals surface area contributed by atoms with Gasteiger partial charge in [0.15, 0.2) is 8.67 Å². The second-order valence-electron chi connectivity index (χ2n) is 2.91. The van der Waals surface area contributed by atoms with Crippen molar-refractivity contribution in [2.75, 3.05) is 0 Å². The van der Waals surface area contributed by atoms with Gasteiger partial charge in [-0.25, -0.2) is 0 Å². The van der Waals surface area contributed by atoms with Crippen molar-refractivity contribution in [3.8, 4) is 0 Å². The summed E-state index contributed by atoms with van der Waals surface area (Å²) in [4.78, 5) is 0. The second-order valence-corrected chi connectivity index (χ2v) is 6.32. The van der Waals surface area contributed by atoms with Crippen LogP contribution in [-0.4, -0.2) is 8.67 Å². The monoisotopic (exact) mass is 296 g/mol. The SMILES string of the molecule is ClC1=C2CC(=C1Cl)C(Cl)(Cl)C2(Cl)Cl. The van der Waals surface area contributed by atoms with Crippen molar-refractivity contribution in [2.45, 2.75) is 15.1 Å². The molecule has 0 atom stereocenters. The highest BCUT2D eigenvalue weighted by atomic mass is 35.5. The molecule has 0 aromatic heterocycles. The highest BCUT2D eigenvalue weighted by molar-refractivity contribution is 6.67. The number of rotatable bonds is 0. The first-order valence-corrected chi connectivity index (χ1v) is 5.61. The van der Waals surface area contributed by atoms with Gasteiger partial charge < -0.3 is 0 Å². The van der Waals surface area contributed by atoms with Gasteiger partial charge in [0.05, 0.1) is 10.1 Å². The fraction of sp³-hybridized carbons (Fsp3) is 0.429. The van der Waals surface area contributed by atoms with E-state index in [9.17, 15) is 0 Å². The highest BCUT2D eigenvalue weighted by Gasteiger charge is 2.62. The predicted molar refractivity (Wildman–Crippen MR) is 59.2 cm³/mol. The largest absolute Gasteiger partial charge is 0.177 e. The molecule has 2 bridgehead atoms. The van der Waals surface area contributed by atoms with E-state index in [-0.39, 0.29) is 0 Å². The summed E-state index contributed by atoms with van der Waals surface area (Å²) >= 11 is 35.7. The number of allylic oxidation sites excluding steroid dienone is 4. The van der Waals surface area contributed by atoms with Crippen molar-refractivity contribution in [3.63, 3.8) is 0 Å². The zero-order chi connectivity index (χ0) is 10.0. The van der Waals surface area contributed by atoms with Gasteiger partial charge in [0, 0.05) is 0 Å². The van der Waals surface area contributed by atoms with Crippen LogP contribution >= 0.6 is 69.6 Å². The van der Waals surface area contributed by atoms with Crippen LogP contribution in [0.5, 0.6) is 0 Å². The van der Waals surface area contributed by atoms with Gasteiger partial charge in [0.1, 0.15) is 0 Å². The lowest BCUT2D eigenvalue weighted by molar-refractivity contribution is 0.890. The van der Waals surface area contributed by atoms with E-state index in [2.05, 4.69) is 0 Å². The molecule has 0 amide bonds. The minimum Gasteiger partial charge on any atom is -0.0928 e. The van der Waals surface area contributed by atoms with Gasteiger partial charge in [-0.05, 0) is 17.6 Å². The lowest BCUT2D eigenvalue weighted by atomic mass is 10.1. The Morgan fingerprint density at radius 2 is 1.08 bits per heavy atom. The van der Waals surface area contributed by atoms with Crippen molar-refractivity contribution >= 4 is 69.6 Å². The lowest BCUT2D eigenvalue weighted by Crippen LogP contribution is -2.34. The Kier molecular flexibility index (Phi) is 2.37. The summed E-state index contributed by atoms with van der Waals surface area (Å²) < 4.78 is -2.72. The summed E-state index contributed by atoms with van der Waals surface area (Å²) in [5, 5.41) is 0.747. The molecule has 0 aliphatic heterocycles. The van der Waals surface area contributed by atoms with Crippen LogP contribution in [0.1, 0.15) is 6.42 Å². The van der Waals surface area contributed by atoms with Crippen molar-refractivity contribution in [1.82, 2.24) is 0 Å². The van der Waals surface area contributed by atoms with Gasteiger partial charge in [0.25, 0.3) is 0 Å². The molecular formula is C7H2Cl6. The number of fused-ring (bicyclic) bond motifs is 2. The Bertz CT molecular complexity index is 314. The van der Waals surface area contributed by atoms with Gasteiger partial charge in [0.2, 0.25) is 0 Å². The Balaban J connectivity index is 2.66. The predicted octanol–water partition coefficient (Wildman–Crippen LogP) is 4.74. The number of alkyl halides is 4. The van der Waals surface area contributed by atoms with E-state index in [4.69, 9.17) is 69.6 Å². The maximum absolute atomic E-state index is 5.98.